The van der Waals surface area contributed by atoms with Gasteiger partial charge in [0.05, 0.1) is 23.7 Å². The minimum Gasteiger partial charge on any atom is -0.387 e. The van der Waals surface area contributed by atoms with Gasteiger partial charge in [0.2, 0.25) is 5.95 Å². The summed E-state index contributed by atoms with van der Waals surface area (Å²) >= 11 is 0. The zero-order valence-corrected chi connectivity index (χ0v) is 16.9. The van der Waals surface area contributed by atoms with Gasteiger partial charge in [0.25, 0.3) is 0 Å². The van der Waals surface area contributed by atoms with Crippen LogP contribution >= 0.6 is 0 Å². The van der Waals surface area contributed by atoms with Crippen LogP contribution in [0.15, 0.2) is 65.7 Å². The normalized spacial score (nSPS) is 13.1. The largest absolute Gasteiger partial charge is 0.387 e. The number of rotatable bonds is 7. The number of aromatic nitrogens is 4. The zero-order valence-electron chi connectivity index (χ0n) is 16.9. The third kappa shape index (κ3) is 5.20. The zero-order chi connectivity index (χ0) is 22.4. The van der Waals surface area contributed by atoms with Crippen LogP contribution in [-0.2, 0) is 0 Å². The summed E-state index contributed by atoms with van der Waals surface area (Å²) in [6.07, 6.45) is 3.46. The molecule has 0 saturated heterocycles. The summed E-state index contributed by atoms with van der Waals surface area (Å²) in [6, 6.07) is 9.31. The molecule has 1 aromatic carbocycles. The number of anilines is 2. The molecular weight excluding hydrogens is 402 g/mol. The number of hydrogen-bond acceptors (Lipinski definition) is 7. The summed E-state index contributed by atoms with van der Waals surface area (Å²) in [7, 11) is 0. The molecule has 158 valence electrons. The first-order valence-corrected chi connectivity index (χ1v) is 9.30. The summed E-state index contributed by atoms with van der Waals surface area (Å²) in [5.41, 5.74) is 1.38. The molecule has 0 amide bonds. The van der Waals surface area contributed by atoms with E-state index < -0.39 is 17.7 Å². The van der Waals surface area contributed by atoms with Crippen molar-refractivity contribution in [2.45, 2.75) is 20.0 Å². The van der Waals surface area contributed by atoms with Crippen molar-refractivity contribution in [1.82, 2.24) is 20.2 Å². The monoisotopic (exact) mass is 422 g/mol. The second-order valence-corrected chi connectivity index (χ2v) is 6.53. The van der Waals surface area contributed by atoms with E-state index in [-0.39, 0.29) is 28.5 Å². The number of hydrogen-bond donors (Lipinski definition) is 2. The van der Waals surface area contributed by atoms with Gasteiger partial charge in [-0.3, -0.25) is 9.98 Å². The topological polar surface area (TPSA) is 96.2 Å². The molecule has 0 saturated carbocycles. The Morgan fingerprint density at radius 1 is 1.23 bits per heavy atom. The predicted molar refractivity (Wildman–Crippen MR) is 116 cm³/mol. The Morgan fingerprint density at radius 2 is 2.00 bits per heavy atom. The van der Waals surface area contributed by atoms with Crippen LogP contribution in [0.5, 0.6) is 0 Å². The first-order valence-electron chi connectivity index (χ1n) is 9.30. The Hall–Kier alpha value is -3.85. The summed E-state index contributed by atoms with van der Waals surface area (Å²) in [6.45, 7) is 6.19. The highest BCUT2D eigenvalue weighted by molar-refractivity contribution is 5.82. The van der Waals surface area contributed by atoms with Crippen molar-refractivity contribution >= 4 is 23.9 Å². The molecule has 1 unspecified atom stereocenters. The molecular formula is C22H20F2N6O. The maximum atomic E-state index is 14.6. The first kappa shape index (κ1) is 21.8. The van der Waals surface area contributed by atoms with Crippen molar-refractivity contribution in [3.63, 3.8) is 0 Å². The fourth-order valence-corrected chi connectivity index (χ4v) is 2.74. The predicted octanol–water partition coefficient (Wildman–Crippen LogP) is 4.78. The average Bonchev–Trinajstić information content (AvgIpc) is 2.75. The van der Waals surface area contributed by atoms with Crippen molar-refractivity contribution in [3.8, 4) is 11.3 Å². The van der Waals surface area contributed by atoms with E-state index in [1.54, 1.807) is 31.2 Å². The third-order valence-electron chi connectivity index (χ3n) is 4.26. The highest BCUT2D eigenvalue weighted by Gasteiger charge is 2.19. The quantitative estimate of drug-likeness (QED) is 0.420. The summed E-state index contributed by atoms with van der Waals surface area (Å²) < 4.78 is 28.8. The molecule has 0 spiro atoms. The van der Waals surface area contributed by atoms with Gasteiger partial charge in [-0.1, -0.05) is 12.1 Å². The second-order valence-electron chi connectivity index (χ2n) is 6.53. The van der Waals surface area contributed by atoms with Crippen LogP contribution in [0.2, 0.25) is 0 Å². The molecule has 31 heavy (non-hydrogen) atoms. The van der Waals surface area contributed by atoms with E-state index in [0.717, 1.165) is 0 Å². The molecule has 9 heteroatoms. The van der Waals surface area contributed by atoms with E-state index in [2.05, 4.69) is 37.2 Å². The van der Waals surface area contributed by atoms with Crippen molar-refractivity contribution < 1.29 is 13.9 Å². The van der Waals surface area contributed by atoms with Crippen molar-refractivity contribution in [2.75, 3.05) is 5.32 Å². The lowest BCUT2D eigenvalue weighted by Gasteiger charge is -2.12. The molecule has 3 rings (SSSR count). The van der Waals surface area contributed by atoms with E-state index in [1.807, 2.05) is 0 Å². The Balaban J connectivity index is 2.09. The molecule has 2 aromatic heterocycles. The number of allylic oxidation sites excluding steroid dienone is 3. The van der Waals surface area contributed by atoms with Crippen LogP contribution in [0.3, 0.4) is 0 Å². The highest BCUT2D eigenvalue weighted by atomic mass is 19.1. The minimum atomic E-state index is -0.703. The maximum Gasteiger partial charge on any atom is 0.247 e. The van der Waals surface area contributed by atoms with Gasteiger partial charge >= 0.3 is 0 Å². The molecule has 0 aliphatic carbocycles. The lowest BCUT2D eigenvalue weighted by Crippen LogP contribution is -2.06. The van der Waals surface area contributed by atoms with E-state index in [9.17, 15) is 13.9 Å². The summed E-state index contributed by atoms with van der Waals surface area (Å²) in [4.78, 5) is 12.1. The number of aliphatic hydroxyl groups excluding tert-OH is 1. The Kier molecular flexibility index (Phi) is 6.88. The summed E-state index contributed by atoms with van der Waals surface area (Å²) in [5.74, 6) is -1.04. The van der Waals surface area contributed by atoms with Crippen LogP contribution in [0.25, 0.3) is 16.8 Å². The van der Waals surface area contributed by atoms with E-state index in [1.165, 1.54) is 37.5 Å². The van der Waals surface area contributed by atoms with Crippen molar-refractivity contribution in [1.29, 1.82) is 0 Å². The molecule has 0 bridgehead atoms. The van der Waals surface area contributed by atoms with Crippen LogP contribution in [-0.4, -0.2) is 32.0 Å². The van der Waals surface area contributed by atoms with E-state index >= 15 is 0 Å². The highest BCUT2D eigenvalue weighted by Crippen LogP contribution is 2.31. The van der Waals surface area contributed by atoms with Crippen LogP contribution < -0.4 is 5.32 Å². The van der Waals surface area contributed by atoms with Gasteiger partial charge in [-0.25, -0.2) is 13.8 Å². The molecule has 0 fully saturated rings. The molecule has 2 heterocycles. The average molecular weight is 422 g/mol. The Morgan fingerprint density at radius 3 is 2.61 bits per heavy atom. The van der Waals surface area contributed by atoms with Gasteiger partial charge in [0.1, 0.15) is 23.0 Å². The van der Waals surface area contributed by atoms with Crippen molar-refractivity contribution in [2.24, 2.45) is 4.99 Å². The summed E-state index contributed by atoms with van der Waals surface area (Å²) in [5, 5.41) is 20.6. The number of aliphatic imine (C=N–C) groups is 1. The fraction of sp³-hybridized carbons (Fsp3) is 0.136. The van der Waals surface area contributed by atoms with E-state index in [4.69, 9.17) is 0 Å². The van der Waals surface area contributed by atoms with Crippen LogP contribution in [0, 0.1) is 5.82 Å². The molecule has 0 aliphatic heterocycles. The van der Waals surface area contributed by atoms with Gasteiger partial charge in [0.15, 0.2) is 0 Å². The molecule has 0 radical (unpaired) electrons. The SMILES string of the molecule is C=N/C=C\C(=C(/C)F)c1nnc(Nc2ccc(C(C)O)nc2)nc1-c1ccccc1F. The van der Waals surface area contributed by atoms with Gasteiger partial charge < -0.3 is 10.4 Å². The van der Waals surface area contributed by atoms with Gasteiger partial charge in [-0.2, -0.15) is 0 Å². The van der Waals surface area contributed by atoms with Crippen molar-refractivity contribution in [3.05, 3.63) is 77.9 Å². The van der Waals surface area contributed by atoms with Crippen LogP contribution in [0.1, 0.15) is 31.3 Å². The Bertz CT molecular complexity index is 1140. The number of benzene rings is 1. The molecule has 3 aromatic rings. The Labute approximate surface area is 178 Å². The molecule has 7 nitrogen and oxygen atoms in total. The van der Waals surface area contributed by atoms with E-state index in [0.29, 0.717) is 11.4 Å². The number of pyridine rings is 1. The minimum absolute atomic E-state index is 0.0538. The lowest BCUT2D eigenvalue weighted by atomic mass is 10.0. The van der Waals surface area contributed by atoms with Gasteiger partial charge in [-0.05, 0) is 50.9 Å². The number of nitrogens with zero attached hydrogens (tertiary/aromatic N) is 5. The molecule has 0 aliphatic rings. The standard InChI is InChI=1S/C22H20F2N6O/c1-13(23)16(10-11-25-3)21-20(17-6-4-5-7-18(17)24)28-22(30-29-21)27-15-8-9-19(14(2)31)26-12-15/h4-12,14,31H,3H2,1-2H3,(H,27,28,30)/b11-10-,16-13-. The van der Waals surface area contributed by atoms with Crippen LogP contribution in [0.4, 0.5) is 20.4 Å². The number of nitrogens with one attached hydrogen (secondary N) is 1. The number of aliphatic hydroxyl groups is 1. The lowest BCUT2D eigenvalue weighted by molar-refractivity contribution is 0.194. The van der Waals surface area contributed by atoms with Gasteiger partial charge in [-0.15, -0.1) is 10.2 Å². The first-order chi connectivity index (χ1) is 14.9. The molecule has 2 N–H and O–H groups in total. The van der Waals surface area contributed by atoms with Gasteiger partial charge in [0, 0.05) is 17.3 Å². The molecule has 1 atom stereocenters. The second kappa shape index (κ2) is 9.77. The smallest absolute Gasteiger partial charge is 0.247 e. The maximum absolute atomic E-state index is 14.6. The fourth-order valence-electron chi connectivity index (χ4n) is 2.74. The third-order valence-corrected chi connectivity index (χ3v) is 4.26. The number of halogens is 2.